The summed E-state index contributed by atoms with van der Waals surface area (Å²) < 4.78 is 5.89. The summed E-state index contributed by atoms with van der Waals surface area (Å²) in [4.78, 5) is 18.6. The fourth-order valence-corrected chi connectivity index (χ4v) is 2.76. The van der Waals surface area contributed by atoms with Crippen molar-refractivity contribution in [3.05, 3.63) is 84.7 Å². The van der Waals surface area contributed by atoms with Gasteiger partial charge in [0, 0.05) is 31.9 Å². The van der Waals surface area contributed by atoms with E-state index < -0.39 is 0 Å². The molecule has 3 aromatic rings. The number of anilines is 1. The van der Waals surface area contributed by atoms with E-state index in [-0.39, 0.29) is 5.91 Å². The number of carbonyl (C=O) groups is 1. The van der Waals surface area contributed by atoms with E-state index in [0.29, 0.717) is 24.4 Å². The van der Waals surface area contributed by atoms with Crippen LogP contribution in [0.25, 0.3) is 0 Å². The quantitative estimate of drug-likeness (QED) is 0.603. The zero-order chi connectivity index (χ0) is 19.6. The molecule has 5 nitrogen and oxygen atoms in total. The first-order valence-corrected chi connectivity index (χ1v) is 9.40. The van der Waals surface area contributed by atoms with Crippen LogP contribution in [0.4, 0.5) is 5.69 Å². The number of aromatic nitrogens is 1. The molecule has 2 aromatic carbocycles. The van der Waals surface area contributed by atoms with Gasteiger partial charge in [-0.25, -0.2) is 0 Å². The summed E-state index contributed by atoms with van der Waals surface area (Å²) in [5.74, 6) is 1.34. The van der Waals surface area contributed by atoms with Gasteiger partial charge < -0.3 is 15.0 Å². The predicted octanol–water partition coefficient (Wildman–Crippen LogP) is 4.38. The number of carbonyl (C=O) groups excluding carboxylic acids is 1. The van der Waals surface area contributed by atoms with E-state index in [2.05, 4.69) is 15.2 Å². The van der Waals surface area contributed by atoms with Crippen LogP contribution in [0.1, 0.15) is 12.0 Å². The second-order valence-electron chi connectivity index (χ2n) is 6.62. The highest BCUT2D eigenvalue weighted by atomic mass is 16.5. The molecule has 0 saturated carbocycles. The molecule has 1 N–H and O–H groups in total. The lowest BCUT2D eigenvalue weighted by atomic mass is 10.2. The van der Waals surface area contributed by atoms with E-state index in [9.17, 15) is 4.79 Å². The number of rotatable bonds is 9. The lowest BCUT2D eigenvalue weighted by Gasteiger charge is -2.17. The average Bonchev–Trinajstić information content (AvgIpc) is 2.74. The number of hydrogen-bond donors (Lipinski definition) is 1. The monoisotopic (exact) mass is 375 g/mol. The van der Waals surface area contributed by atoms with Crippen LogP contribution in [-0.2, 0) is 11.2 Å². The van der Waals surface area contributed by atoms with Crippen LogP contribution in [0.3, 0.4) is 0 Å². The van der Waals surface area contributed by atoms with E-state index in [4.69, 9.17) is 4.74 Å². The third kappa shape index (κ3) is 6.21. The lowest BCUT2D eigenvalue weighted by molar-refractivity contribution is -0.116. The zero-order valence-corrected chi connectivity index (χ0v) is 16.0. The number of ether oxygens (including phenoxy) is 1. The molecule has 0 unspecified atom stereocenters. The van der Waals surface area contributed by atoms with Crippen molar-refractivity contribution in [1.29, 1.82) is 0 Å². The Kier molecular flexibility index (Phi) is 7.15. The van der Waals surface area contributed by atoms with Crippen LogP contribution in [-0.4, -0.2) is 35.9 Å². The Balaban J connectivity index is 1.48. The van der Waals surface area contributed by atoms with Crippen LogP contribution < -0.4 is 10.1 Å². The molecule has 0 fully saturated rings. The largest absolute Gasteiger partial charge is 0.455 e. The SMILES string of the molecule is CN(CCC(=O)Nc1ccccc1Oc1ccccc1)CCc1ccncc1. The fraction of sp³-hybridized carbons (Fsp3) is 0.217. The Bertz CT molecular complexity index is 869. The Labute approximate surface area is 166 Å². The molecule has 5 heteroatoms. The molecule has 0 bridgehead atoms. The molecule has 1 aromatic heterocycles. The molecule has 144 valence electrons. The smallest absolute Gasteiger partial charge is 0.225 e. The summed E-state index contributed by atoms with van der Waals surface area (Å²) >= 11 is 0. The summed E-state index contributed by atoms with van der Waals surface area (Å²) in [6, 6.07) is 21.0. The first-order valence-electron chi connectivity index (χ1n) is 9.40. The van der Waals surface area contributed by atoms with Gasteiger partial charge in [0.25, 0.3) is 0 Å². The minimum absolute atomic E-state index is 0.0279. The Morgan fingerprint density at radius 2 is 1.68 bits per heavy atom. The standard InChI is InChI=1S/C23H25N3O2/c1-26(17-13-19-11-15-24-16-12-19)18-14-23(27)25-21-9-5-6-10-22(21)28-20-7-3-2-4-8-20/h2-12,15-16H,13-14,17-18H2,1H3,(H,25,27). The minimum Gasteiger partial charge on any atom is -0.455 e. The van der Waals surface area contributed by atoms with Crippen molar-refractivity contribution in [3.8, 4) is 11.5 Å². The topological polar surface area (TPSA) is 54.5 Å². The first kappa shape index (κ1) is 19.6. The Morgan fingerprint density at radius 1 is 0.964 bits per heavy atom. The molecule has 1 amide bonds. The number of nitrogens with one attached hydrogen (secondary N) is 1. The summed E-state index contributed by atoms with van der Waals surface area (Å²) in [6.07, 6.45) is 4.97. The predicted molar refractivity (Wildman–Crippen MR) is 112 cm³/mol. The van der Waals surface area contributed by atoms with Gasteiger partial charge in [-0.1, -0.05) is 30.3 Å². The fourth-order valence-electron chi connectivity index (χ4n) is 2.76. The van der Waals surface area contributed by atoms with Crippen LogP contribution in [0.15, 0.2) is 79.1 Å². The Morgan fingerprint density at radius 3 is 2.46 bits per heavy atom. The molecular formula is C23H25N3O2. The van der Waals surface area contributed by atoms with Gasteiger partial charge in [0.1, 0.15) is 5.75 Å². The molecule has 0 atom stereocenters. The summed E-state index contributed by atoms with van der Waals surface area (Å²) in [7, 11) is 2.03. The van der Waals surface area contributed by atoms with Gasteiger partial charge in [0.2, 0.25) is 5.91 Å². The van der Waals surface area contributed by atoms with E-state index in [1.54, 1.807) is 12.4 Å². The van der Waals surface area contributed by atoms with Gasteiger partial charge >= 0.3 is 0 Å². The number of likely N-dealkylation sites (N-methyl/N-ethyl adjacent to an activating group) is 1. The Hall–Kier alpha value is -3.18. The number of benzene rings is 2. The number of para-hydroxylation sites is 3. The molecule has 0 radical (unpaired) electrons. The van der Waals surface area contributed by atoms with Crippen LogP contribution in [0.2, 0.25) is 0 Å². The van der Waals surface area contributed by atoms with Crippen molar-refractivity contribution in [2.75, 3.05) is 25.5 Å². The highest BCUT2D eigenvalue weighted by Gasteiger charge is 2.10. The van der Waals surface area contributed by atoms with E-state index in [1.165, 1.54) is 5.56 Å². The van der Waals surface area contributed by atoms with Crippen molar-refractivity contribution in [2.24, 2.45) is 0 Å². The van der Waals surface area contributed by atoms with Crippen LogP contribution in [0.5, 0.6) is 11.5 Å². The lowest BCUT2D eigenvalue weighted by Crippen LogP contribution is -2.26. The van der Waals surface area contributed by atoms with E-state index in [1.807, 2.05) is 73.8 Å². The molecule has 3 rings (SSSR count). The third-order valence-electron chi connectivity index (χ3n) is 4.38. The minimum atomic E-state index is -0.0279. The van der Waals surface area contributed by atoms with Gasteiger partial charge in [-0.3, -0.25) is 9.78 Å². The molecule has 0 saturated heterocycles. The maximum absolute atomic E-state index is 12.4. The number of amides is 1. The van der Waals surface area contributed by atoms with Crippen molar-refractivity contribution < 1.29 is 9.53 Å². The number of hydrogen-bond acceptors (Lipinski definition) is 4. The highest BCUT2D eigenvalue weighted by Crippen LogP contribution is 2.29. The molecule has 0 aliphatic heterocycles. The van der Waals surface area contributed by atoms with Crippen molar-refractivity contribution in [3.63, 3.8) is 0 Å². The van der Waals surface area contributed by atoms with Gasteiger partial charge in [-0.05, 0) is 55.4 Å². The van der Waals surface area contributed by atoms with E-state index >= 15 is 0 Å². The van der Waals surface area contributed by atoms with Crippen LogP contribution >= 0.6 is 0 Å². The van der Waals surface area contributed by atoms with Crippen molar-refractivity contribution in [2.45, 2.75) is 12.8 Å². The maximum Gasteiger partial charge on any atom is 0.225 e. The second kappa shape index (κ2) is 10.2. The number of nitrogens with zero attached hydrogens (tertiary/aromatic N) is 2. The molecule has 0 aliphatic rings. The maximum atomic E-state index is 12.4. The molecule has 1 heterocycles. The number of pyridine rings is 1. The van der Waals surface area contributed by atoms with Crippen molar-refractivity contribution >= 4 is 11.6 Å². The van der Waals surface area contributed by atoms with Gasteiger partial charge in [-0.15, -0.1) is 0 Å². The van der Waals surface area contributed by atoms with Gasteiger partial charge in [0.15, 0.2) is 5.75 Å². The summed E-state index contributed by atoms with van der Waals surface area (Å²) in [5.41, 5.74) is 1.93. The first-order chi connectivity index (χ1) is 13.7. The molecular weight excluding hydrogens is 350 g/mol. The van der Waals surface area contributed by atoms with Crippen molar-refractivity contribution in [1.82, 2.24) is 9.88 Å². The molecule has 28 heavy (non-hydrogen) atoms. The summed E-state index contributed by atoms with van der Waals surface area (Å²) in [6.45, 7) is 1.59. The molecule has 0 spiro atoms. The highest BCUT2D eigenvalue weighted by molar-refractivity contribution is 5.92. The summed E-state index contributed by atoms with van der Waals surface area (Å²) in [5, 5.41) is 2.96. The second-order valence-corrected chi connectivity index (χ2v) is 6.62. The van der Waals surface area contributed by atoms with Gasteiger partial charge in [-0.2, -0.15) is 0 Å². The average molecular weight is 375 g/mol. The third-order valence-corrected chi connectivity index (χ3v) is 4.38. The zero-order valence-electron chi connectivity index (χ0n) is 16.0. The molecule has 0 aliphatic carbocycles. The van der Waals surface area contributed by atoms with E-state index in [0.717, 1.165) is 18.7 Å². The van der Waals surface area contributed by atoms with Gasteiger partial charge in [0.05, 0.1) is 5.69 Å². The normalized spacial score (nSPS) is 10.6. The van der Waals surface area contributed by atoms with Crippen LogP contribution in [0, 0.1) is 0 Å².